The second kappa shape index (κ2) is 7.55. The van der Waals surface area contributed by atoms with Gasteiger partial charge in [0.1, 0.15) is 0 Å². The minimum Gasteiger partial charge on any atom is -0.266 e. The number of nitrogens with one attached hydrogen (secondary N) is 1. The SMILES string of the molecule is O=[N+]([O-])c1ccccc1S(=O)(=O)Nc1ccn(Cc2ccc(Cl)c(Cl)c2)n1. The molecule has 0 aliphatic rings. The number of nitro groups is 1. The van der Waals surface area contributed by atoms with Crippen LogP contribution in [0.15, 0.2) is 59.6 Å². The highest BCUT2D eigenvalue weighted by Crippen LogP contribution is 2.25. The predicted octanol–water partition coefficient (Wildman–Crippen LogP) is 3.95. The number of nitrogens with zero attached hydrogens (tertiary/aromatic N) is 3. The lowest BCUT2D eigenvalue weighted by Gasteiger charge is -2.06. The normalized spacial score (nSPS) is 11.3. The summed E-state index contributed by atoms with van der Waals surface area (Å²) in [4.78, 5) is 9.86. The number of hydrogen-bond donors (Lipinski definition) is 1. The molecule has 1 N–H and O–H groups in total. The van der Waals surface area contributed by atoms with Gasteiger partial charge in [0.25, 0.3) is 15.7 Å². The summed E-state index contributed by atoms with van der Waals surface area (Å²) in [5.41, 5.74) is 0.306. The van der Waals surface area contributed by atoms with Crippen LogP contribution < -0.4 is 4.72 Å². The third-order valence-electron chi connectivity index (χ3n) is 3.56. The Morgan fingerprint density at radius 2 is 1.85 bits per heavy atom. The van der Waals surface area contributed by atoms with Crippen molar-refractivity contribution in [2.24, 2.45) is 0 Å². The molecule has 11 heteroatoms. The Hall–Kier alpha value is -2.62. The van der Waals surface area contributed by atoms with Crippen molar-refractivity contribution in [2.45, 2.75) is 11.4 Å². The third kappa shape index (κ3) is 4.38. The maximum absolute atomic E-state index is 12.5. The molecule has 0 unspecified atom stereocenters. The molecule has 0 aliphatic carbocycles. The smallest absolute Gasteiger partial charge is 0.266 e. The van der Waals surface area contributed by atoms with Crippen molar-refractivity contribution in [2.75, 3.05) is 4.72 Å². The Balaban J connectivity index is 1.81. The minimum absolute atomic E-state index is 0.0354. The van der Waals surface area contributed by atoms with Crippen molar-refractivity contribution in [1.82, 2.24) is 9.78 Å². The first-order chi connectivity index (χ1) is 12.8. The zero-order chi connectivity index (χ0) is 19.6. The van der Waals surface area contributed by atoms with Crippen LogP contribution in [-0.4, -0.2) is 23.1 Å². The van der Waals surface area contributed by atoms with Crippen LogP contribution in [0.4, 0.5) is 11.5 Å². The summed E-state index contributed by atoms with van der Waals surface area (Å²) in [6.07, 6.45) is 1.57. The van der Waals surface area contributed by atoms with Gasteiger partial charge >= 0.3 is 0 Å². The Kier molecular flexibility index (Phi) is 5.36. The van der Waals surface area contributed by atoms with Crippen molar-refractivity contribution < 1.29 is 13.3 Å². The van der Waals surface area contributed by atoms with Gasteiger partial charge < -0.3 is 0 Å². The lowest BCUT2D eigenvalue weighted by atomic mass is 10.2. The molecule has 27 heavy (non-hydrogen) atoms. The zero-order valence-corrected chi connectivity index (χ0v) is 15.9. The summed E-state index contributed by atoms with van der Waals surface area (Å²) in [5, 5.41) is 16.0. The third-order valence-corrected chi connectivity index (χ3v) is 5.70. The number of anilines is 1. The van der Waals surface area contributed by atoms with Gasteiger partial charge in [0.2, 0.25) is 0 Å². The largest absolute Gasteiger partial charge is 0.289 e. The van der Waals surface area contributed by atoms with E-state index in [0.717, 1.165) is 17.7 Å². The van der Waals surface area contributed by atoms with E-state index in [1.165, 1.54) is 22.9 Å². The standard InChI is InChI=1S/C16H12Cl2N4O4S/c17-12-6-5-11(9-13(12)18)10-21-8-7-16(19-21)20-27(25,26)15-4-2-1-3-14(15)22(23)24/h1-9H,10H2,(H,19,20). The number of halogens is 2. The Morgan fingerprint density at radius 1 is 1.11 bits per heavy atom. The van der Waals surface area contributed by atoms with Gasteiger partial charge in [0.15, 0.2) is 10.7 Å². The van der Waals surface area contributed by atoms with Crippen LogP contribution in [0.25, 0.3) is 0 Å². The van der Waals surface area contributed by atoms with Crippen LogP contribution in [0, 0.1) is 10.1 Å². The number of rotatable bonds is 6. The quantitative estimate of drug-likeness (QED) is 0.474. The molecule has 0 aliphatic heterocycles. The molecule has 0 atom stereocenters. The summed E-state index contributed by atoms with van der Waals surface area (Å²) in [6.45, 7) is 0.337. The van der Waals surface area contributed by atoms with E-state index in [0.29, 0.717) is 16.6 Å². The molecule has 3 rings (SSSR count). The van der Waals surface area contributed by atoms with Gasteiger partial charge in [-0.05, 0) is 23.8 Å². The van der Waals surface area contributed by atoms with E-state index in [4.69, 9.17) is 23.2 Å². The van der Waals surface area contributed by atoms with Crippen LogP contribution in [0.3, 0.4) is 0 Å². The number of sulfonamides is 1. The molecule has 8 nitrogen and oxygen atoms in total. The van der Waals surface area contributed by atoms with Crippen molar-refractivity contribution in [3.05, 3.63) is 80.5 Å². The zero-order valence-electron chi connectivity index (χ0n) is 13.5. The highest BCUT2D eigenvalue weighted by molar-refractivity contribution is 7.92. The lowest BCUT2D eigenvalue weighted by molar-refractivity contribution is -0.387. The lowest BCUT2D eigenvalue weighted by Crippen LogP contribution is -2.15. The van der Waals surface area contributed by atoms with Gasteiger partial charge in [-0.2, -0.15) is 5.10 Å². The van der Waals surface area contributed by atoms with Crippen LogP contribution in [0.2, 0.25) is 10.0 Å². The van der Waals surface area contributed by atoms with E-state index in [2.05, 4.69) is 9.82 Å². The molecule has 0 bridgehead atoms. The summed E-state index contributed by atoms with van der Waals surface area (Å²) in [5.74, 6) is 0.0354. The molecule has 0 spiro atoms. The molecule has 0 saturated carbocycles. The molecule has 1 heterocycles. The number of benzene rings is 2. The molecule has 140 valence electrons. The van der Waals surface area contributed by atoms with Crippen LogP contribution >= 0.6 is 23.2 Å². The van der Waals surface area contributed by atoms with E-state index in [9.17, 15) is 18.5 Å². The first-order valence-corrected chi connectivity index (χ1v) is 9.74. The van der Waals surface area contributed by atoms with Crippen molar-refractivity contribution in [3.8, 4) is 0 Å². The van der Waals surface area contributed by atoms with Gasteiger partial charge in [-0.1, -0.05) is 41.4 Å². The maximum Gasteiger partial charge on any atom is 0.289 e. The topological polar surface area (TPSA) is 107 Å². The van der Waals surface area contributed by atoms with Gasteiger partial charge in [0.05, 0.1) is 21.5 Å². The molecule has 2 aromatic carbocycles. The molecule has 0 radical (unpaired) electrons. The average Bonchev–Trinajstić information content (AvgIpc) is 3.04. The van der Waals surface area contributed by atoms with Crippen LogP contribution in [0.5, 0.6) is 0 Å². The van der Waals surface area contributed by atoms with E-state index in [1.54, 1.807) is 24.4 Å². The highest BCUT2D eigenvalue weighted by atomic mass is 35.5. The average molecular weight is 427 g/mol. The van der Waals surface area contributed by atoms with Crippen molar-refractivity contribution >= 4 is 44.7 Å². The summed E-state index contributed by atoms with van der Waals surface area (Å²) < 4.78 is 28.7. The van der Waals surface area contributed by atoms with E-state index >= 15 is 0 Å². The van der Waals surface area contributed by atoms with E-state index in [-0.39, 0.29) is 5.82 Å². The highest BCUT2D eigenvalue weighted by Gasteiger charge is 2.25. The second-order valence-corrected chi connectivity index (χ2v) is 7.94. The molecule has 3 aromatic rings. The fourth-order valence-corrected chi connectivity index (χ4v) is 3.85. The molecular weight excluding hydrogens is 415 g/mol. The summed E-state index contributed by atoms with van der Waals surface area (Å²) in [7, 11) is -4.17. The van der Waals surface area contributed by atoms with Gasteiger partial charge in [0, 0.05) is 18.3 Å². The fourth-order valence-electron chi connectivity index (χ4n) is 2.36. The number of hydrogen-bond acceptors (Lipinski definition) is 5. The fraction of sp³-hybridized carbons (Fsp3) is 0.0625. The van der Waals surface area contributed by atoms with E-state index in [1.807, 2.05) is 0 Å². The Bertz CT molecular complexity index is 1120. The van der Waals surface area contributed by atoms with E-state index < -0.39 is 25.5 Å². The van der Waals surface area contributed by atoms with Crippen LogP contribution in [-0.2, 0) is 16.6 Å². The molecule has 0 fully saturated rings. The Morgan fingerprint density at radius 3 is 2.56 bits per heavy atom. The number of aromatic nitrogens is 2. The molecular formula is C16H12Cl2N4O4S. The van der Waals surface area contributed by atoms with Gasteiger partial charge in [-0.3, -0.25) is 19.5 Å². The molecule has 0 saturated heterocycles. The summed E-state index contributed by atoms with van der Waals surface area (Å²) in [6, 6.07) is 11.6. The van der Waals surface area contributed by atoms with Gasteiger partial charge in [-0.15, -0.1) is 0 Å². The maximum atomic E-state index is 12.5. The van der Waals surface area contributed by atoms with Crippen molar-refractivity contribution in [3.63, 3.8) is 0 Å². The minimum atomic E-state index is -4.17. The Labute approximate surface area is 164 Å². The van der Waals surface area contributed by atoms with Crippen LogP contribution in [0.1, 0.15) is 5.56 Å². The molecule has 1 aromatic heterocycles. The number of para-hydroxylation sites is 1. The van der Waals surface area contributed by atoms with Crippen molar-refractivity contribution in [1.29, 1.82) is 0 Å². The monoisotopic (exact) mass is 426 g/mol. The summed E-state index contributed by atoms with van der Waals surface area (Å²) >= 11 is 11.8. The number of nitro benzene ring substituents is 1. The molecule has 0 amide bonds. The second-order valence-electron chi connectivity index (χ2n) is 5.48. The van der Waals surface area contributed by atoms with Gasteiger partial charge in [-0.25, -0.2) is 8.42 Å². The first kappa shape index (κ1) is 19.2. The first-order valence-electron chi connectivity index (χ1n) is 7.50. The predicted molar refractivity (Wildman–Crippen MR) is 102 cm³/mol.